The van der Waals surface area contributed by atoms with Crippen LogP contribution in [0, 0.1) is 33.1 Å². The molecule has 20 nitrogen and oxygen atoms in total. The summed E-state index contributed by atoms with van der Waals surface area (Å²) in [5, 5.41) is 38.7. The molecule has 4 amide bonds. The second-order valence-corrected chi connectivity index (χ2v) is 23.3. The number of fused-ring (bicyclic) bond motifs is 3. The number of thiophene rings is 1. The Balaban J connectivity index is 0.688. The number of aliphatic hydroxyl groups is 1. The molecule has 8 rings (SSSR count). The van der Waals surface area contributed by atoms with E-state index in [1.807, 2.05) is 138 Å². The largest absolute Gasteiger partial charge is 0.491 e. The molecule has 5 heterocycles. The van der Waals surface area contributed by atoms with Crippen molar-refractivity contribution in [1.29, 1.82) is 0 Å². The Morgan fingerprint density at radius 1 is 0.815 bits per heavy atom. The van der Waals surface area contributed by atoms with Crippen LogP contribution in [-0.2, 0) is 44.6 Å². The Bertz CT molecular complexity index is 3200. The van der Waals surface area contributed by atoms with Crippen molar-refractivity contribution in [3.05, 3.63) is 128 Å². The molecule has 0 radical (unpaired) electrons. The number of nitrogens with one attached hydrogen (secondary N) is 3. The summed E-state index contributed by atoms with van der Waals surface area (Å²) in [6.45, 7) is 16.5. The third kappa shape index (κ3) is 15.2. The Labute approximate surface area is 479 Å². The zero-order valence-electron chi connectivity index (χ0n) is 46.9. The van der Waals surface area contributed by atoms with E-state index in [-0.39, 0.29) is 63.5 Å². The van der Waals surface area contributed by atoms with Gasteiger partial charge in [0.15, 0.2) is 5.82 Å². The van der Waals surface area contributed by atoms with Gasteiger partial charge in [-0.15, -0.1) is 32.9 Å². The minimum atomic E-state index is -0.988. The van der Waals surface area contributed by atoms with E-state index < -0.39 is 47.4 Å². The van der Waals surface area contributed by atoms with Crippen LogP contribution in [0.2, 0.25) is 0 Å². The van der Waals surface area contributed by atoms with Crippen molar-refractivity contribution >= 4 is 63.7 Å². The molecule has 81 heavy (non-hydrogen) atoms. The molecule has 0 spiro atoms. The highest BCUT2D eigenvalue weighted by atomic mass is 32.1. The summed E-state index contributed by atoms with van der Waals surface area (Å²) >= 11 is 3.16. The first kappa shape index (κ1) is 59.9. The number of nitrogens with zero attached hydrogens (tertiary/aromatic N) is 6. The number of aliphatic imine (C=N–C) groups is 1. The highest BCUT2D eigenvalue weighted by Crippen LogP contribution is 2.40. The van der Waals surface area contributed by atoms with Gasteiger partial charge in [-0.05, 0) is 93.0 Å². The van der Waals surface area contributed by atoms with Gasteiger partial charge in [0, 0.05) is 41.1 Å². The third-order valence-corrected chi connectivity index (χ3v) is 16.3. The molecule has 6 aromatic rings. The number of carboxylic acids is 1. The number of rotatable bonds is 25. The number of hydrogen-bond donors (Lipinski definition) is 5. The normalized spacial score (nSPS) is 16.6. The number of hydrogen-bond acceptors (Lipinski definition) is 16. The third-order valence-electron chi connectivity index (χ3n) is 14.1. The molecule has 0 saturated carbocycles. The summed E-state index contributed by atoms with van der Waals surface area (Å²) in [5.74, 6) is -0.650. The summed E-state index contributed by atoms with van der Waals surface area (Å²) in [6.07, 6.45) is -0.261. The number of aryl methyl sites for hydroxylation is 4. The minimum absolute atomic E-state index is 0.0342. The maximum atomic E-state index is 14.0. The number of anilines is 1. The maximum Gasteiger partial charge on any atom is 0.306 e. The van der Waals surface area contributed by atoms with E-state index in [9.17, 15) is 34.2 Å². The van der Waals surface area contributed by atoms with E-state index in [4.69, 9.17) is 23.9 Å². The number of β-amino-alcohol motifs (C(OH)–C–C–N with tert-alkyl or cyclic N) is 1. The molecule has 0 bridgehead atoms. The summed E-state index contributed by atoms with van der Waals surface area (Å²) < 4.78 is 24.6. The van der Waals surface area contributed by atoms with Crippen molar-refractivity contribution in [3.8, 4) is 21.2 Å². The monoisotopic (exact) mass is 1150 g/mol. The van der Waals surface area contributed by atoms with E-state index in [0.717, 1.165) is 53.8 Å². The van der Waals surface area contributed by atoms with Crippen LogP contribution in [0.3, 0.4) is 0 Å². The Morgan fingerprint density at radius 3 is 2.14 bits per heavy atom. The number of aromatic nitrogens is 4. The first-order chi connectivity index (χ1) is 38.7. The molecule has 3 aromatic carbocycles. The van der Waals surface area contributed by atoms with Crippen LogP contribution in [0.15, 0.2) is 83.3 Å². The molecular formula is C59H71N9O11S2. The van der Waals surface area contributed by atoms with Gasteiger partial charge in [-0.3, -0.25) is 33.5 Å². The van der Waals surface area contributed by atoms with Gasteiger partial charge >= 0.3 is 5.97 Å². The predicted molar refractivity (Wildman–Crippen MR) is 308 cm³/mol. The van der Waals surface area contributed by atoms with Crippen LogP contribution in [-0.4, -0.2) is 141 Å². The molecule has 0 unspecified atom stereocenters. The number of ether oxygens (including phenoxy) is 4. The average Bonchev–Trinajstić information content (AvgIpc) is 3.58. The number of benzene rings is 3. The fourth-order valence-corrected chi connectivity index (χ4v) is 11.7. The average molecular weight is 1150 g/mol. The van der Waals surface area contributed by atoms with Crippen molar-refractivity contribution in [1.82, 2.24) is 35.3 Å². The number of amides is 4. The number of carboxylic acid groups (broad SMARTS) is 1. The lowest BCUT2D eigenvalue weighted by Gasteiger charge is -2.35. The number of carbonyl (C=O) groups is 5. The highest BCUT2D eigenvalue weighted by molar-refractivity contribution is 7.15. The van der Waals surface area contributed by atoms with Gasteiger partial charge in [0.05, 0.1) is 73.4 Å². The first-order valence-corrected chi connectivity index (χ1v) is 28.7. The van der Waals surface area contributed by atoms with E-state index in [1.165, 1.54) is 4.90 Å². The Hall–Kier alpha value is -7.21. The SMILES string of the molecule is Cc1ncsc1-c1ccc([C@H](C)NC(=O)[C@@H]2C[C@@H](O)CN2C(=O)[C@@H](NC(=O)COCCOCCOCCOc2ccc(CCC(=O)Nc3ccc(C4=N[C@@H](CC(=O)O)c5nnc(C)n5-c5sc(C)c(C)c54)cc3)cc2)C(C)(C)C)cc1. The number of aliphatic hydroxyl groups excluding tert-OH is 1. The molecule has 430 valence electrons. The zero-order valence-corrected chi connectivity index (χ0v) is 48.6. The number of likely N-dealkylation sites (tertiary alicyclic amines) is 1. The van der Waals surface area contributed by atoms with Crippen LogP contribution in [0.25, 0.3) is 15.4 Å². The molecule has 0 aliphatic carbocycles. The summed E-state index contributed by atoms with van der Waals surface area (Å²) in [5.41, 5.74) is 9.01. The molecule has 22 heteroatoms. The van der Waals surface area contributed by atoms with E-state index >= 15 is 0 Å². The molecule has 1 saturated heterocycles. The molecule has 5 atom stereocenters. The van der Waals surface area contributed by atoms with Gasteiger partial charge in [0.25, 0.3) is 0 Å². The number of thiazole rings is 1. The highest BCUT2D eigenvalue weighted by Gasteiger charge is 2.45. The number of aliphatic carboxylic acids is 1. The predicted octanol–water partition coefficient (Wildman–Crippen LogP) is 7.42. The van der Waals surface area contributed by atoms with Crippen LogP contribution >= 0.6 is 22.7 Å². The standard InChI is InChI=1S/C59H71N9O11S2/c1-34-37(4)81-58-51(34)52(63-46(30-50(72)73)55-66-65-38(5)68(55)58)41-16-18-43(19-17-41)62-48(70)22-11-39-9-20-45(21-10-39)79-28-27-77-24-23-76-25-26-78-32-49(71)64-54(59(6,7)8)57(75)67-31-44(69)29-47(67)56(74)61-35(2)40-12-14-42(15-13-40)53-36(3)60-33-80-53/h9-10,12-21,33,35,44,46-47,54,69H,11,22-32H2,1-8H3,(H,61,74)(H,62,70)(H,64,71)(H,72,73)/t35-,44+,46-,47-,54+/m0/s1. The van der Waals surface area contributed by atoms with Crippen molar-refractivity contribution < 1.29 is 53.1 Å². The van der Waals surface area contributed by atoms with Gasteiger partial charge < -0.3 is 50.0 Å². The minimum Gasteiger partial charge on any atom is -0.491 e. The fraction of sp³-hybridized carbons (Fsp3) is 0.441. The lowest BCUT2D eigenvalue weighted by Crippen LogP contribution is -2.58. The fourth-order valence-electron chi connectivity index (χ4n) is 9.68. The van der Waals surface area contributed by atoms with Crippen molar-refractivity contribution in [3.63, 3.8) is 0 Å². The van der Waals surface area contributed by atoms with Gasteiger partial charge in [0.1, 0.15) is 47.9 Å². The van der Waals surface area contributed by atoms with Crippen molar-refractivity contribution in [2.45, 2.75) is 111 Å². The zero-order chi connectivity index (χ0) is 58.0. The molecule has 5 N–H and O–H groups in total. The molecule has 3 aromatic heterocycles. The summed E-state index contributed by atoms with van der Waals surface area (Å²) in [7, 11) is 0. The van der Waals surface area contributed by atoms with Crippen LogP contribution < -0.4 is 20.7 Å². The van der Waals surface area contributed by atoms with Gasteiger partial charge in [0.2, 0.25) is 23.6 Å². The second kappa shape index (κ2) is 27.0. The molecular weight excluding hydrogens is 1070 g/mol. The van der Waals surface area contributed by atoms with E-state index in [1.54, 1.807) is 22.7 Å². The Kier molecular flexibility index (Phi) is 20.0. The van der Waals surface area contributed by atoms with E-state index in [0.29, 0.717) is 61.6 Å². The summed E-state index contributed by atoms with van der Waals surface area (Å²) in [6, 6.07) is 19.9. The van der Waals surface area contributed by atoms with Crippen LogP contribution in [0.4, 0.5) is 5.69 Å². The second-order valence-electron chi connectivity index (χ2n) is 21.3. The summed E-state index contributed by atoms with van der Waals surface area (Å²) in [4.78, 5) is 78.6. The van der Waals surface area contributed by atoms with Crippen molar-refractivity contribution in [2.24, 2.45) is 10.4 Å². The smallest absolute Gasteiger partial charge is 0.306 e. The maximum absolute atomic E-state index is 14.0. The molecule has 2 aliphatic heterocycles. The lowest BCUT2D eigenvalue weighted by atomic mass is 9.85. The molecule has 2 aliphatic rings. The first-order valence-electron chi connectivity index (χ1n) is 27.0. The van der Waals surface area contributed by atoms with Gasteiger partial charge in [-0.1, -0.05) is 69.3 Å². The van der Waals surface area contributed by atoms with Gasteiger partial charge in [-0.25, -0.2) is 4.98 Å². The Morgan fingerprint density at radius 2 is 1.48 bits per heavy atom. The van der Waals surface area contributed by atoms with Crippen molar-refractivity contribution in [2.75, 3.05) is 58.1 Å². The van der Waals surface area contributed by atoms with Gasteiger partial charge in [-0.2, -0.15) is 0 Å². The topological polar surface area (TPSA) is 258 Å². The molecule has 1 fully saturated rings. The number of carbonyl (C=O) groups excluding carboxylic acids is 4. The van der Waals surface area contributed by atoms with E-state index in [2.05, 4.69) is 31.1 Å². The van der Waals surface area contributed by atoms with Crippen LogP contribution in [0.1, 0.15) is 109 Å². The quantitative estimate of drug-likeness (QED) is 0.0350. The van der Waals surface area contributed by atoms with Crippen LogP contribution in [0.5, 0.6) is 5.75 Å². The lowest BCUT2D eigenvalue weighted by molar-refractivity contribution is -0.144.